The Hall–Kier alpha value is -3.14. The van der Waals surface area contributed by atoms with E-state index >= 15 is 4.39 Å². The zero-order chi connectivity index (χ0) is 23.5. The molecule has 0 saturated heterocycles. The molecule has 170 valence electrons. The lowest BCUT2D eigenvalue weighted by Crippen LogP contribution is -2.16. The zero-order valence-electron chi connectivity index (χ0n) is 17.9. The summed E-state index contributed by atoms with van der Waals surface area (Å²) in [6, 6.07) is 6.61. The Balaban J connectivity index is 2.18. The molecule has 3 aromatic rings. The van der Waals surface area contributed by atoms with Gasteiger partial charge in [-0.05, 0) is 30.5 Å². The number of benzene rings is 1. The van der Waals surface area contributed by atoms with Crippen molar-refractivity contribution < 1.29 is 21.9 Å². The fraction of sp³-hybridized carbons (Fsp3) is 0.318. The fourth-order valence-electron chi connectivity index (χ4n) is 3.17. The first kappa shape index (κ1) is 23.5. The third-order valence-electron chi connectivity index (χ3n) is 4.75. The molecule has 0 aliphatic rings. The average Bonchev–Trinajstić information content (AvgIpc) is 2.73. The van der Waals surface area contributed by atoms with Crippen molar-refractivity contribution in [2.24, 2.45) is 7.05 Å². The first-order chi connectivity index (χ1) is 15.1. The van der Waals surface area contributed by atoms with Gasteiger partial charge < -0.3 is 9.30 Å². The molecule has 2 aromatic heterocycles. The molecule has 0 fully saturated rings. The van der Waals surface area contributed by atoms with Crippen LogP contribution in [0.4, 0.5) is 8.78 Å². The predicted octanol–water partition coefficient (Wildman–Crippen LogP) is 3.80. The average molecular weight is 464 g/mol. The zero-order valence-corrected chi connectivity index (χ0v) is 18.7. The number of sulfone groups is 1. The quantitative estimate of drug-likeness (QED) is 0.505. The minimum atomic E-state index is -3.65. The van der Waals surface area contributed by atoms with E-state index in [0.717, 1.165) is 0 Å². The number of rotatable bonds is 8. The summed E-state index contributed by atoms with van der Waals surface area (Å²) in [6.45, 7) is 3.51. The second-order valence-corrected chi connectivity index (χ2v) is 9.44. The van der Waals surface area contributed by atoms with E-state index < -0.39 is 33.2 Å². The van der Waals surface area contributed by atoms with Crippen LogP contribution in [0.5, 0.6) is 11.8 Å². The first-order valence-electron chi connectivity index (χ1n) is 10.0. The number of aryl methyl sites for hydroxylation is 2. The molecule has 0 aliphatic heterocycles. The van der Waals surface area contributed by atoms with E-state index in [2.05, 4.69) is 9.97 Å². The molecule has 2 heterocycles. The maximum Gasteiger partial charge on any atom is 0.323 e. The predicted molar refractivity (Wildman–Crippen MR) is 116 cm³/mol. The number of ether oxygens (including phenoxy) is 1. The molecule has 0 saturated carbocycles. The summed E-state index contributed by atoms with van der Waals surface area (Å²) in [7, 11) is -2.16. The van der Waals surface area contributed by atoms with Crippen LogP contribution in [0.3, 0.4) is 0 Å². The smallest absolute Gasteiger partial charge is 0.323 e. The monoisotopic (exact) mass is 463 g/mol. The number of nitrogens with zero attached hydrogens (tertiary/aromatic N) is 3. The van der Waals surface area contributed by atoms with Gasteiger partial charge in [0, 0.05) is 24.9 Å². The van der Waals surface area contributed by atoms with Crippen LogP contribution in [0.1, 0.15) is 31.5 Å². The van der Waals surface area contributed by atoms with E-state index in [-0.39, 0.29) is 34.0 Å². The van der Waals surface area contributed by atoms with Gasteiger partial charge in [0.05, 0.1) is 17.2 Å². The van der Waals surface area contributed by atoms with E-state index in [1.54, 1.807) is 13.0 Å². The van der Waals surface area contributed by atoms with E-state index in [1.807, 2.05) is 6.92 Å². The molecule has 0 unspecified atom stereocenters. The summed E-state index contributed by atoms with van der Waals surface area (Å²) in [4.78, 5) is 19.8. The van der Waals surface area contributed by atoms with Crippen molar-refractivity contribution in [1.82, 2.24) is 14.5 Å². The third kappa shape index (κ3) is 5.18. The van der Waals surface area contributed by atoms with E-state index in [0.29, 0.717) is 18.4 Å². The standard InChI is InChI=1S/C22H23F2N3O4S/c1-4-11-32(29,30)13-17-19(24)20(15-9-10-18(28)27(3)12-15)26-22(25-17)31-21-14(5-2)7-6-8-16(21)23/h6-10,12H,4-5,11,13H2,1-3H3. The van der Waals surface area contributed by atoms with Crippen molar-refractivity contribution in [2.75, 3.05) is 5.75 Å². The fourth-order valence-corrected chi connectivity index (χ4v) is 4.54. The Kier molecular flexibility index (Phi) is 7.02. The van der Waals surface area contributed by atoms with E-state index in [1.165, 1.54) is 42.1 Å². The summed E-state index contributed by atoms with van der Waals surface area (Å²) in [6.07, 6.45) is 2.18. The number of aromatic nitrogens is 3. The van der Waals surface area contributed by atoms with Gasteiger partial charge in [0.1, 0.15) is 5.69 Å². The maximum atomic E-state index is 15.3. The summed E-state index contributed by atoms with van der Waals surface area (Å²) in [5.74, 6) is -2.52. The summed E-state index contributed by atoms with van der Waals surface area (Å²) in [5.41, 5.74) is -0.190. The normalized spacial score (nSPS) is 11.5. The van der Waals surface area contributed by atoms with Gasteiger partial charge in [-0.2, -0.15) is 9.97 Å². The van der Waals surface area contributed by atoms with Gasteiger partial charge in [-0.3, -0.25) is 4.79 Å². The second kappa shape index (κ2) is 9.56. The molecule has 0 radical (unpaired) electrons. The van der Waals surface area contributed by atoms with Crippen molar-refractivity contribution >= 4 is 9.84 Å². The van der Waals surface area contributed by atoms with Gasteiger partial charge in [-0.1, -0.05) is 26.0 Å². The van der Waals surface area contributed by atoms with Crippen LogP contribution in [0.15, 0.2) is 41.3 Å². The van der Waals surface area contributed by atoms with Gasteiger partial charge in [-0.25, -0.2) is 17.2 Å². The maximum absolute atomic E-state index is 15.3. The lowest BCUT2D eigenvalue weighted by Gasteiger charge is -2.13. The van der Waals surface area contributed by atoms with Crippen molar-refractivity contribution in [3.8, 4) is 23.0 Å². The minimum Gasteiger partial charge on any atom is -0.421 e. The van der Waals surface area contributed by atoms with Gasteiger partial charge >= 0.3 is 6.01 Å². The molecular formula is C22H23F2N3O4S. The summed E-state index contributed by atoms with van der Waals surface area (Å²) in [5, 5.41) is 0. The van der Waals surface area contributed by atoms with Crippen molar-refractivity contribution in [2.45, 2.75) is 32.4 Å². The highest BCUT2D eigenvalue weighted by atomic mass is 32.2. The Bertz CT molecular complexity index is 1310. The van der Waals surface area contributed by atoms with Gasteiger partial charge in [0.2, 0.25) is 5.56 Å². The lowest BCUT2D eigenvalue weighted by molar-refractivity contribution is 0.401. The molecule has 10 heteroatoms. The van der Waals surface area contributed by atoms with Gasteiger partial charge in [0.25, 0.3) is 0 Å². The Morgan fingerprint density at radius 2 is 1.84 bits per heavy atom. The van der Waals surface area contributed by atoms with Gasteiger partial charge in [0.15, 0.2) is 27.2 Å². The summed E-state index contributed by atoms with van der Waals surface area (Å²) >= 11 is 0. The number of halogens is 2. The highest BCUT2D eigenvalue weighted by Gasteiger charge is 2.23. The highest BCUT2D eigenvalue weighted by molar-refractivity contribution is 7.90. The number of hydrogen-bond donors (Lipinski definition) is 0. The van der Waals surface area contributed by atoms with E-state index in [4.69, 9.17) is 4.74 Å². The topological polar surface area (TPSA) is 91.2 Å². The number of hydrogen-bond acceptors (Lipinski definition) is 6. The van der Waals surface area contributed by atoms with Crippen molar-refractivity contribution in [3.63, 3.8) is 0 Å². The minimum absolute atomic E-state index is 0.115. The van der Waals surface area contributed by atoms with Crippen LogP contribution in [-0.4, -0.2) is 28.7 Å². The highest BCUT2D eigenvalue weighted by Crippen LogP contribution is 2.30. The molecule has 0 N–H and O–H groups in total. The SMILES string of the molecule is CCCS(=O)(=O)Cc1nc(Oc2c(F)cccc2CC)nc(-c2ccc(=O)n(C)c2)c1F. The third-order valence-corrected chi connectivity index (χ3v) is 6.50. The molecule has 7 nitrogen and oxygen atoms in total. The van der Waals surface area contributed by atoms with Crippen LogP contribution in [0, 0.1) is 11.6 Å². The Labute approximate surface area is 184 Å². The number of para-hydroxylation sites is 1. The second-order valence-electron chi connectivity index (χ2n) is 7.26. The van der Waals surface area contributed by atoms with Crippen LogP contribution in [0.2, 0.25) is 0 Å². The lowest BCUT2D eigenvalue weighted by atomic mass is 10.1. The van der Waals surface area contributed by atoms with E-state index in [9.17, 15) is 17.6 Å². The molecule has 0 atom stereocenters. The Morgan fingerprint density at radius 1 is 1.09 bits per heavy atom. The number of pyridine rings is 1. The van der Waals surface area contributed by atoms with Gasteiger partial charge in [-0.15, -0.1) is 0 Å². The molecule has 0 bridgehead atoms. The van der Waals surface area contributed by atoms with Crippen LogP contribution < -0.4 is 10.3 Å². The molecule has 0 amide bonds. The molecule has 0 spiro atoms. The largest absolute Gasteiger partial charge is 0.421 e. The van der Waals surface area contributed by atoms with Crippen LogP contribution in [0.25, 0.3) is 11.3 Å². The van der Waals surface area contributed by atoms with Crippen molar-refractivity contribution in [1.29, 1.82) is 0 Å². The molecule has 32 heavy (non-hydrogen) atoms. The molecular weight excluding hydrogens is 440 g/mol. The van der Waals surface area contributed by atoms with Crippen LogP contribution >= 0.6 is 0 Å². The molecule has 0 aliphatic carbocycles. The first-order valence-corrected chi connectivity index (χ1v) is 11.9. The Morgan fingerprint density at radius 3 is 2.50 bits per heavy atom. The van der Waals surface area contributed by atoms with Crippen LogP contribution in [-0.2, 0) is 29.1 Å². The summed E-state index contributed by atoms with van der Waals surface area (Å²) < 4.78 is 61.2. The molecule has 3 rings (SSSR count). The van der Waals surface area contributed by atoms with Crippen molar-refractivity contribution in [3.05, 3.63) is 69.8 Å². The molecule has 1 aromatic carbocycles.